The molecule has 0 aromatic heterocycles. The second kappa shape index (κ2) is 5.15. The van der Waals surface area contributed by atoms with E-state index in [1.54, 1.807) is 0 Å². The largest absolute Gasteiger partial charge is 0.393 e. The highest BCUT2D eigenvalue weighted by Gasteiger charge is 2.31. The third kappa shape index (κ3) is 2.55. The van der Waals surface area contributed by atoms with E-state index in [-0.39, 0.29) is 29.9 Å². The van der Waals surface area contributed by atoms with Gasteiger partial charge in [0.1, 0.15) is 0 Å². The molecule has 1 saturated heterocycles. The predicted molar refractivity (Wildman–Crippen MR) is 61.9 cm³/mol. The average molecular weight is 226 g/mol. The molecular formula is C12H22N2O2. The first-order valence-corrected chi connectivity index (χ1v) is 6.37. The molecule has 2 fully saturated rings. The Hall–Kier alpha value is -0.610. The molecule has 4 nitrogen and oxygen atoms in total. The molecule has 2 aliphatic rings. The molecule has 3 N–H and O–H groups in total. The quantitative estimate of drug-likeness (QED) is 0.647. The molecule has 1 aliphatic carbocycles. The normalized spacial score (nSPS) is 38.9. The molecule has 92 valence electrons. The fourth-order valence-corrected chi connectivity index (χ4v) is 2.84. The van der Waals surface area contributed by atoms with E-state index in [0.29, 0.717) is 6.54 Å². The summed E-state index contributed by atoms with van der Waals surface area (Å²) in [4.78, 5) is 11.9. The van der Waals surface area contributed by atoms with E-state index in [9.17, 15) is 9.90 Å². The lowest BCUT2D eigenvalue weighted by Gasteiger charge is -2.19. The van der Waals surface area contributed by atoms with Crippen LogP contribution in [0.4, 0.5) is 0 Å². The lowest BCUT2D eigenvalue weighted by molar-refractivity contribution is -0.125. The van der Waals surface area contributed by atoms with Crippen molar-refractivity contribution in [3.63, 3.8) is 0 Å². The maximum absolute atomic E-state index is 11.9. The molecule has 1 aliphatic heterocycles. The summed E-state index contributed by atoms with van der Waals surface area (Å²) in [6.45, 7) is 3.64. The Balaban J connectivity index is 1.75. The van der Waals surface area contributed by atoms with Crippen molar-refractivity contribution >= 4 is 5.91 Å². The first-order valence-electron chi connectivity index (χ1n) is 6.37. The predicted octanol–water partition coefficient (Wildman–Crippen LogP) is 0.262. The van der Waals surface area contributed by atoms with Gasteiger partial charge in [-0.3, -0.25) is 4.79 Å². The number of carbonyl (C=O) groups excluding carboxylic acids is 1. The van der Waals surface area contributed by atoms with Crippen LogP contribution in [0.3, 0.4) is 0 Å². The molecule has 1 heterocycles. The van der Waals surface area contributed by atoms with Gasteiger partial charge < -0.3 is 15.7 Å². The van der Waals surface area contributed by atoms with Crippen molar-refractivity contribution in [1.29, 1.82) is 0 Å². The van der Waals surface area contributed by atoms with Crippen molar-refractivity contribution in [2.45, 2.75) is 44.8 Å². The summed E-state index contributed by atoms with van der Waals surface area (Å²) in [5.74, 6) is 0.531. The van der Waals surface area contributed by atoms with E-state index in [0.717, 1.165) is 32.2 Å². The fraction of sp³-hybridized carbons (Fsp3) is 0.917. The van der Waals surface area contributed by atoms with Gasteiger partial charge in [-0.25, -0.2) is 0 Å². The van der Waals surface area contributed by atoms with E-state index in [2.05, 4.69) is 17.6 Å². The Morgan fingerprint density at radius 3 is 2.81 bits per heavy atom. The Morgan fingerprint density at radius 1 is 1.44 bits per heavy atom. The lowest BCUT2D eigenvalue weighted by Crippen LogP contribution is -2.40. The number of hydrogen-bond acceptors (Lipinski definition) is 3. The molecule has 0 radical (unpaired) electrons. The van der Waals surface area contributed by atoms with Crippen LogP contribution in [-0.2, 0) is 4.79 Å². The molecule has 0 spiro atoms. The van der Waals surface area contributed by atoms with E-state index < -0.39 is 0 Å². The third-order valence-corrected chi connectivity index (χ3v) is 4.02. The van der Waals surface area contributed by atoms with Crippen LogP contribution in [-0.4, -0.2) is 36.2 Å². The number of rotatable bonds is 3. The molecule has 4 heteroatoms. The van der Waals surface area contributed by atoms with Crippen molar-refractivity contribution in [3.05, 3.63) is 0 Å². The van der Waals surface area contributed by atoms with E-state index in [4.69, 9.17) is 0 Å². The average Bonchev–Trinajstić information content (AvgIpc) is 2.84. The van der Waals surface area contributed by atoms with Gasteiger partial charge in [-0.05, 0) is 32.7 Å². The molecule has 1 amide bonds. The molecular weight excluding hydrogens is 204 g/mol. The Morgan fingerprint density at radius 2 is 2.25 bits per heavy atom. The van der Waals surface area contributed by atoms with Crippen LogP contribution in [0.5, 0.6) is 0 Å². The molecule has 0 aromatic rings. The van der Waals surface area contributed by atoms with Gasteiger partial charge in [0.25, 0.3) is 0 Å². The molecule has 0 bridgehead atoms. The number of aliphatic hydroxyl groups is 1. The van der Waals surface area contributed by atoms with Gasteiger partial charge in [0.2, 0.25) is 5.91 Å². The number of aliphatic hydroxyl groups excluding tert-OH is 1. The van der Waals surface area contributed by atoms with Crippen molar-refractivity contribution in [2.75, 3.05) is 13.1 Å². The van der Waals surface area contributed by atoms with Gasteiger partial charge in [0.15, 0.2) is 0 Å². The highest BCUT2D eigenvalue weighted by molar-refractivity contribution is 5.79. The van der Waals surface area contributed by atoms with Gasteiger partial charge in [-0.1, -0.05) is 6.42 Å². The van der Waals surface area contributed by atoms with E-state index in [1.807, 2.05) is 0 Å². The first kappa shape index (κ1) is 11.9. The van der Waals surface area contributed by atoms with Crippen LogP contribution >= 0.6 is 0 Å². The van der Waals surface area contributed by atoms with Gasteiger partial charge in [-0.2, -0.15) is 0 Å². The van der Waals surface area contributed by atoms with Crippen molar-refractivity contribution in [1.82, 2.24) is 10.6 Å². The molecule has 1 saturated carbocycles. The zero-order chi connectivity index (χ0) is 11.5. The number of nitrogens with one attached hydrogen (secondary N) is 2. The number of amides is 1. The second-order valence-electron chi connectivity index (χ2n) is 5.14. The van der Waals surface area contributed by atoms with E-state index >= 15 is 0 Å². The summed E-state index contributed by atoms with van der Waals surface area (Å²) in [6, 6.07) is 0.286. The minimum absolute atomic E-state index is 0.110. The SMILES string of the molecule is CC1NCCC1C(=O)NCC1CCCC1O. The zero-order valence-electron chi connectivity index (χ0n) is 9.91. The van der Waals surface area contributed by atoms with Gasteiger partial charge in [0, 0.05) is 18.5 Å². The Labute approximate surface area is 96.8 Å². The highest BCUT2D eigenvalue weighted by atomic mass is 16.3. The van der Waals surface area contributed by atoms with Crippen LogP contribution in [0.2, 0.25) is 0 Å². The molecule has 16 heavy (non-hydrogen) atoms. The van der Waals surface area contributed by atoms with Crippen molar-refractivity contribution in [2.24, 2.45) is 11.8 Å². The fourth-order valence-electron chi connectivity index (χ4n) is 2.84. The summed E-state index contributed by atoms with van der Waals surface area (Å²) in [7, 11) is 0. The monoisotopic (exact) mass is 226 g/mol. The first-order chi connectivity index (χ1) is 7.68. The second-order valence-corrected chi connectivity index (χ2v) is 5.14. The van der Waals surface area contributed by atoms with Crippen LogP contribution in [0.1, 0.15) is 32.6 Å². The maximum Gasteiger partial charge on any atom is 0.224 e. The van der Waals surface area contributed by atoms with Gasteiger partial charge >= 0.3 is 0 Å². The summed E-state index contributed by atoms with van der Waals surface area (Å²) in [5, 5.41) is 15.9. The topological polar surface area (TPSA) is 61.4 Å². The highest BCUT2D eigenvalue weighted by Crippen LogP contribution is 2.25. The minimum Gasteiger partial charge on any atom is -0.393 e. The van der Waals surface area contributed by atoms with E-state index in [1.165, 1.54) is 0 Å². The Kier molecular flexibility index (Phi) is 3.82. The summed E-state index contributed by atoms with van der Waals surface area (Å²) in [6.07, 6.45) is 3.74. The number of hydrogen-bond donors (Lipinski definition) is 3. The molecule has 2 rings (SSSR count). The summed E-state index contributed by atoms with van der Waals surface area (Å²) >= 11 is 0. The van der Waals surface area contributed by atoms with Crippen LogP contribution < -0.4 is 10.6 Å². The van der Waals surface area contributed by atoms with Gasteiger partial charge in [0.05, 0.1) is 12.0 Å². The minimum atomic E-state index is -0.209. The standard InChI is InChI=1S/C12H22N2O2/c1-8-10(5-6-13-8)12(16)14-7-9-3-2-4-11(9)15/h8-11,13,15H,2-7H2,1H3,(H,14,16). The van der Waals surface area contributed by atoms with Gasteiger partial charge in [-0.15, -0.1) is 0 Å². The number of carbonyl (C=O) groups is 1. The van der Waals surface area contributed by atoms with Crippen molar-refractivity contribution < 1.29 is 9.90 Å². The maximum atomic E-state index is 11.9. The van der Waals surface area contributed by atoms with Crippen LogP contribution in [0, 0.1) is 11.8 Å². The van der Waals surface area contributed by atoms with Crippen LogP contribution in [0.15, 0.2) is 0 Å². The summed E-state index contributed by atoms with van der Waals surface area (Å²) in [5.41, 5.74) is 0. The zero-order valence-corrected chi connectivity index (χ0v) is 9.91. The molecule has 4 unspecified atom stereocenters. The summed E-state index contributed by atoms with van der Waals surface area (Å²) < 4.78 is 0. The smallest absolute Gasteiger partial charge is 0.224 e. The molecule has 4 atom stereocenters. The molecule has 0 aromatic carbocycles. The van der Waals surface area contributed by atoms with Crippen LogP contribution in [0.25, 0.3) is 0 Å². The van der Waals surface area contributed by atoms with Crippen molar-refractivity contribution in [3.8, 4) is 0 Å². The Bertz CT molecular complexity index is 257. The third-order valence-electron chi connectivity index (χ3n) is 4.02. The lowest BCUT2D eigenvalue weighted by atomic mass is 10.0.